The van der Waals surface area contributed by atoms with E-state index in [4.69, 9.17) is 14.2 Å². The van der Waals surface area contributed by atoms with Gasteiger partial charge in [-0.1, -0.05) is 12.1 Å². The van der Waals surface area contributed by atoms with E-state index in [1.807, 2.05) is 0 Å². The summed E-state index contributed by atoms with van der Waals surface area (Å²) < 4.78 is 38.0. The van der Waals surface area contributed by atoms with Crippen LogP contribution in [0, 0.1) is 0 Å². The molecule has 0 bridgehead atoms. The molecule has 0 radical (unpaired) electrons. The highest BCUT2D eigenvalue weighted by atomic mass is 32.2. The number of benzene rings is 2. The van der Waals surface area contributed by atoms with Crippen LogP contribution in [0.4, 0.5) is 5.69 Å². The Kier molecular flexibility index (Phi) is 7.00. The Balaban J connectivity index is 1.97. The molecule has 0 atom stereocenters. The molecule has 0 saturated heterocycles. The van der Waals surface area contributed by atoms with E-state index in [1.165, 1.54) is 26.4 Å². The molecule has 0 spiro atoms. The van der Waals surface area contributed by atoms with Gasteiger partial charge in [-0.3, -0.25) is 4.79 Å². The number of amides is 1. The number of esters is 1. The smallest absolute Gasteiger partial charge is 0.338 e. The number of hydrogen-bond acceptors (Lipinski definition) is 7. The molecular weight excluding hydrogens is 386 g/mol. The summed E-state index contributed by atoms with van der Waals surface area (Å²) in [4.78, 5) is 24.2. The maximum absolute atomic E-state index is 12.1. The Morgan fingerprint density at radius 1 is 1.00 bits per heavy atom. The summed E-state index contributed by atoms with van der Waals surface area (Å²) in [5, 5.41) is 2.59. The SMILES string of the molecule is COc1cc(NC(=O)COC(=O)c2cccc(CS(C)(=O)=O)c2)cc(OC)c1. The van der Waals surface area contributed by atoms with Crippen molar-refractivity contribution in [2.45, 2.75) is 5.75 Å². The van der Waals surface area contributed by atoms with Crippen molar-refractivity contribution >= 4 is 27.4 Å². The second-order valence-electron chi connectivity index (χ2n) is 6.00. The fourth-order valence-corrected chi connectivity index (χ4v) is 3.17. The quantitative estimate of drug-likeness (QED) is 0.667. The fourth-order valence-electron chi connectivity index (χ4n) is 2.38. The lowest BCUT2D eigenvalue weighted by atomic mass is 10.1. The third kappa shape index (κ3) is 6.58. The summed E-state index contributed by atoms with van der Waals surface area (Å²) in [6.45, 7) is -0.505. The summed E-state index contributed by atoms with van der Waals surface area (Å²) in [5.41, 5.74) is 1.05. The highest BCUT2D eigenvalue weighted by Crippen LogP contribution is 2.25. The molecule has 2 aromatic rings. The third-order valence-electron chi connectivity index (χ3n) is 3.56. The number of ether oxygens (including phenoxy) is 3. The van der Waals surface area contributed by atoms with E-state index in [1.54, 1.807) is 30.3 Å². The molecule has 0 aromatic heterocycles. The van der Waals surface area contributed by atoms with Gasteiger partial charge in [0, 0.05) is 30.1 Å². The average Bonchev–Trinajstić information content (AvgIpc) is 2.64. The summed E-state index contributed by atoms with van der Waals surface area (Å²) in [6, 6.07) is 10.9. The number of carbonyl (C=O) groups excluding carboxylic acids is 2. The molecule has 0 unspecified atom stereocenters. The minimum atomic E-state index is -3.23. The van der Waals surface area contributed by atoms with Gasteiger partial charge in [-0.15, -0.1) is 0 Å². The summed E-state index contributed by atoms with van der Waals surface area (Å²) in [6.07, 6.45) is 1.11. The van der Waals surface area contributed by atoms with E-state index < -0.39 is 28.3 Å². The first-order valence-corrected chi connectivity index (χ1v) is 10.2. The molecule has 2 rings (SSSR count). The van der Waals surface area contributed by atoms with Crippen molar-refractivity contribution in [3.05, 3.63) is 53.6 Å². The number of carbonyl (C=O) groups is 2. The number of methoxy groups -OCH3 is 2. The molecule has 0 heterocycles. The third-order valence-corrected chi connectivity index (χ3v) is 4.42. The highest BCUT2D eigenvalue weighted by Gasteiger charge is 2.13. The number of rotatable bonds is 8. The second-order valence-corrected chi connectivity index (χ2v) is 8.14. The van der Waals surface area contributed by atoms with Crippen LogP contribution in [-0.2, 0) is 25.1 Å². The minimum Gasteiger partial charge on any atom is -0.497 e. The number of sulfone groups is 1. The Hall–Kier alpha value is -3.07. The molecule has 28 heavy (non-hydrogen) atoms. The molecule has 2 aromatic carbocycles. The Bertz CT molecular complexity index is 948. The number of nitrogens with one attached hydrogen (secondary N) is 1. The number of anilines is 1. The van der Waals surface area contributed by atoms with E-state index >= 15 is 0 Å². The van der Waals surface area contributed by atoms with Crippen molar-refractivity contribution in [1.82, 2.24) is 0 Å². The van der Waals surface area contributed by atoms with Crippen molar-refractivity contribution < 1.29 is 32.2 Å². The predicted molar refractivity (Wildman–Crippen MR) is 103 cm³/mol. The van der Waals surface area contributed by atoms with Crippen LogP contribution in [0.3, 0.4) is 0 Å². The zero-order valence-corrected chi connectivity index (χ0v) is 16.5. The number of hydrogen-bond donors (Lipinski definition) is 1. The maximum atomic E-state index is 12.1. The Labute approximate surface area is 163 Å². The van der Waals surface area contributed by atoms with Crippen LogP contribution in [0.2, 0.25) is 0 Å². The van der Waals surface area contributed by atoms with Crippen LogP contribution in [0.1, 0.15) is 15.9 Å². The van der Waals surface area contributed by atoms with Gasteiger partial charge in [-0.2, -0.15) is 0 Å². The lowest BCUT2D eigenvalue weighted by Gasteiger charge is -2.10. The van der Waals surface area contributed by atoms with Crippen molar-refractivity contribution in [3.8, 4) is 11.5 Å². The summed E-state index contributed by atoms with van der Waals surface area (Å²) >= 11 is 0. The van der Waals surface area contributed by atoms with Crippen molar-refractivity contribution in [1.29, 1.82) is 0 Å². The summed E-state index contributed by atoms with van der Waals surface area (Å²) in [7, 11) is -0.256. The topological polar surface area (TPSA) is 108 Å². The second kappa shape index (κ2) is 9.23. The van der Waals surface area contributed by atoms with Gasteiger partial charge in [0.15, 0.2) is 16.4 Å². The van der Waals surface area contributed by atoms with E-state index in [-0.39, 0.29) is 11.3 Å². The van der Waals surface area contributed by atoms with E-state index in [2.05, 4.69) is 5.32 Å². The molecule has 9 heteroatoms. The fraction of sp³-hybridized carbons (Fsp3) is 0.263. The monoisotopic (exact) mass is 407 g/mol. The molecule has 1 N–H and O–H groups in total. The van der Waals surface area contributed by atoms with Crippen molar-refractivity contribution in [3.63, 3.8) is 0 Å². The molecule has 150 valence electrons. The molecular formula is C19H21NO7S. The lowest BCUT2D eigenvalue weighted by Crippen LogP contribution is -2.21. The van der Waals surface area contributed by atoms with Gasteiger partial charge in [-0.05, 0) is 17.7 Å². The largest absolute Gasteiger partial charge is 0.497 e. The van der Waals surface area contributed by atoms with Crippen LogP contribution < -0.4 is 14.8 Å². The normalized spacial score (nSPS) is 10.8. The standard InChI is InChI=1S/C19H21NO7S/c1-25-16-8-15(9-17(10-16)26-2)20-18(21)11-27-19(22)14-6-4-5-13(7-14)12-28(3,23)24/h4-10H,11-12H2,1-3H3,(H,20,21). The van der Waals surface area contributed by atoms with Crippen LogP contribution in [0.25, 0.3) is 0 Å². The van der Waals surface area contributed by atoms with E-state index in [9.17, 15) is 18.0 Å². The first-order valence-electron chi connectivity index (χ1n) is 8.17. The molecule has 0 aliphatic carbocycles. The molecule has 8 nitrogen and oxygen atoms in total. The molecule has 0 aliphatic heterocycles. The van der Waals surface area contributed by atoms with Gasteiger partial charge >= 0.3 is 5.97 Å². The Morgan fingerprint density at radius 2 is 1.64 bits per heavy atom. The van der Waals surface area contributed by atoms with Crippen molar-refractivity contribution in [2.75, 3.05) is 32.4 Å². The van der Waals surface area contributed by atoms with Crippen molar-refractivity contribution in [2.24, 2.45) is 0 Å². The molecule has 0 saturated carbocycles. The van der Waals surface area contributed by atoms with E-state index in [0.717, 1.165) is 6.26 Å². The lowest BCUT2D eigenvalue weighted by molar-refractivity contribution is -0.119. The Morgan fingerprint density at radius 3 is 2.21 bits per heavy atom. The maximum Gasteiger partial charge on any atom is 0.338 e. The zero-order chi connectivity index (χ0) is 20.7. The van der Waals surface area contributed by atoms with Crippen LogP contribution in [-0.4, -0.2) is 47.4 Å². The highest BCUT2D eigenvalue weighted by molar-refractivity contribution is 7.89. The van der Waals surface area contributed by atoms with E-state index in [0.29, 0.717) is 22.7 Å². The van der Waals surface area contributed by atoms with Gasteiger partial charge in [0.2, 0.25) is 0 Å². The first-order chi connectivity index (χ1) is 13.2. The minimum absolute atomic E-state index is 0.164. The molecule has 0 aliphatic rings. The average molecular weight is 407 g/mol. The van der Waals surface area contributed by atoms with Gasteiger partial charge in [0.05, 0.1) is 25.5 Å². The van der Waals surface area contributed by atoms with Crippen LogP contribution >= 0.6 is 0 Å². The summed E-state index contributed by atoms with van der Waals surface area (Å²) in [5.74, 6) is -0.472. The van der Waals surface area contributed by atoms with Gasteiger partial charge in [0.25, 0.3) is 5.91 Å². The van der Waals surface area contributed by atoms with Crippen LogP contribution in [0.5, 0.6) is 11.5 Å². The van der Waals surface area contributed by atoms with Gasteiger partial charge < -0.3 is 19.5 Å². The predicted octanol–water partition coefficient (Wildman–Crippen LogP) is 2.04. The van der Waals surface area contributed by atoms with Crippen LogP contribution in [0.15, 0.2) is 42.5 Å². The first kappa shape index (κ1) is 21.2. The molecule has 1 amide bonds. The van der Waals surface area contributed by atoms with Gasteiger partial charge in [0.1, 0.15) is 11.5 Å². The molecule has 0 fully saturated rings. The van der Waals surface area contributed by atoms with Gasteiger partial charge in [-0.25, -0.2) is 13.2 Å². The zero-order valence-electron chi connectivity index (χ0n) is 15.7.